The number of alkyl halides is 3. The summed E-state index contributed by atoms with van der Waals surface area (Å²) in [6.07, 6.45) is -4.66. The summed E-state index contributed by atoms with van der Waals surface area (Å²) in [4.78, 5) is -0.665. The Labute approximate surface area is 88.7 Å². The first-order chi connectivity index (χ1) is 6.60. The van der Waals surface area contributed by atoms with Crippen LogP contribution in [0, 0.1) is 0 Å². The molecule has 0 fully saturated rings. The molecule has 84 valence electrons. The fourth-order valence-electron chi connectivity index (χ4n) is 0.891. The van der Waals surface area contributed by atoms with E-state index in [2.05, 4.69) is 5.14 Å². The summed E-state index contributed by atoms with van der Waals surface area (Å²) in [6.45, 7) is 0. The molecule has 0 saturated heterocycles. The van der Waals surface area contributed by atoms with E-state index >= 15 is 0 Å². The predicted octanol–water partition coefficient (Wildman–Crippen LogP) is 2.01. The lowest BCUT2D eigenvalue weighted by molar-refractivity contribution is -0.137. The second-order valence-electron chi connectivity index (χ2n) is 2.72. The van der Waals surface area contributed by atoms with Crippen LogP contribution in [0.4, 0.5) is 13.2 Å². The molecular formula is C7H5ClF3NO2S. The Balaban J connectivity index is 3.43. The van der Waals surface area contributed by atoms with E-state index in [1.54, 1.807) is 0 Å². The van der Waals surface area contributed by atoms with Crippen molar-refractivity contribution in [3.63, 3.8) is 0 Å². The van der Waals surface area contributed by atoms with Gasteiger partial charge in [-0.2, -0.15) is 13.2 Å². The molecule has 8 heteroatoms. The van der Waals surface area contributed by atoms with Gasteiger partial charge in [-0.1, -0.05) is 11.6 Å². The number of sulfonamides is 1. The molecule has 1 aromatic carbocycles. The Morgan fingerprint density at radius 1 is 1.20 bits per heavy atom. The molecule has 0 radical (unpaired) electrons. The number of nitrogens with two attached hydrogens (primary N) is 1. The molecule has 15 heavy (non-hydrogen) atoms. The van der Waals surface area contributed by atoms with Crippen molar-refractivity contribution < 1.29 is 21.6 Å². The third-order valence-electron chi connectivity index (χ3n) is 1.53. The first kappa shape index (κ1) is 12.3. The van der Waals surface area contributed by atoms with Crippen molar-refractivity contribution in [3.05, 3.63) is 28.8 Å². The molecule has 0 bridgehead atoms. The Hall–Kier alpha value is -0.790. The van der Waals surface area contributed by atoms with Crippen molar-refractivity contribution in [1.29, 1.82) is 0 Å². The van der Waals surface area contributed by atoms with Crippen LogP contribution < -0.4 is 5.14 Å². The van der Waals surface area contributed by atoms with Gasteiger partial charge in [0.15, 0.2) is 0 Å². The molecule has 1 rings (SSSR count). The summed E-state index contributed by atoms with van der Waals surface area (Å²) in [5, 5.41) is 4.35. The lowest BCUT2D eigenvalue weighted by Crippen LogP contribution is -2.14. The highest BCUT2D eigenvalue weighted by Crippen LogP contribution is 2.32. The zero-order valence-electron chi connectivity index (χ0n) is 7.05. The Bertz CT molecular complexity index is 483. The van der Waals surface area contributed by atoms with E-state index in [1.807, 2.05) is 0 Å². The molecule has 2 N–H and O–H groups in total. The summed E-state index contributed by atoms with van der Waals surface area (Å²) in [5.41, 5.74) is -1.15. The lowest BCUT2D eigenvalue weighted by atomic mass is 10.2. The van der Waals surface area contributed by atoms with E-state index in [9.17, 15) is 21.6 Å². The molecule has 0 unspecified atom stereocenters. The van der Waals surface area contributed by atoms with Gasteiger partial charge in [-0.25, -0.2) is 13.6 Å². The standard InChI is InChI=1S/C7H5ClF3NO2S/c8-5-1-4(7(9,10)11)2-6(3-5)15(12,13)14/h1-3H,(H2,12,13,14). The topological polar surface area (TPSA) is 60.2 Å². The minimum Gasteiger partial charge on any atom is -0.225 e. The van der Waals surface area contributed by atoms with Crippen LogP contribution in [0.15, 0.2) is 23.1 Å². The molecule has 0 heterocycles. The number of hydrogen-bond donors (Lipinski definition) is 1. The number of hydrogen-bond acceptors (Lipinski definition) is 2. The van der Waals surface area contributed by atoms with E-state index < -0.39 is 26.7 Å². The third kappa shape index (κ3) is 3.08. The Kier molecular flexibility index (Phi) is 2.99. The highest BCUT2D eigenvalue weighted by molar-refractivity contribution is 7.89. The van der Waals surface area contributed by atoms with Crippen molar-refractivity contribution >= 4 is 21.6 Å². The second kappa shape index (κ2) is 3.66. The number of rotatable bonds is 1. The molecule has 1 aromatic rings. The van der Waals surface area contributed by atoms with Crippen molar-refractivity contribution in [3.8, 4) is 0 Å². The minimum atomic E-state index is -4.66. The Morgan fingerprint density at radius 2 is 1.73 bits per heavy atom. The molecule has 3 nitrogen and oxygen atoms in total. The van der Waals surface area contributed by atoms with E-state index in [4.69, 9.17) is 11.6 Å². The van der Waals surface area contributed by atoms with Crippen LogP contribution >= 0.6 is 11.6 Å². The van der Waals surface area contributed by atoms with E-state index in [0.717, 1.165) is 6.07 Å². The van der Waals surface area contributed by atoms with Crippen LogP contribution in [0.3, 0.4) is 0 Å². The van der Waals surface area contributed by atoms with Gasteiger partial charge in [0, 0.05) is 5.02 Å². The van der Waals surface area contributed by atoms with Crippen LogP contribution in [-0.4, -0.2) is 8.42 Å². The molecule has 0 aliphatic carbocycles. The largest absolute Gasteiger partial charge is 0.416 e. The summed E-state index contributed by atoms with van der Waals surface area (Å²) in [7, 11) is -4.19. The van der Waals surface area contributed by atoms with Crippen molar-refractivity contribution in [2.24, 2.45) is 5.14 Å². The van der Waals surface area contributed by atoms with Crippen LogP contribution in [0.1, 0.15) is 5.56 Å². The second-order valence-corrected chi connectivity index (χ2v) is 4.72. The van der Waals surface area contributed by atoms with Gasteiger partial charge in [0.25, 0.3) is 0 Å². The molecule has 0 saturated carbocycles. The average molecular weight is 260 g/mol. The molecule has 0 atom stereocenters. The molecule has 0 amide bonds. The van der Waals surface area contributed by atoms with Crippen LogP contribution in [0.2, 0.25) is 5.02 Å². The summed E-state index contributed by atoms with van der Waals surface area (Å²) >= 11 is 5.34. The monoisotopic (exact) mass is 259 g/mol. The van der Waals surface area contributed by atoms with Crippen molar-refractivity contribution in [2.45, 2.75) is 11.1 Å². The zero-order chi connectivity index (χ0) is 11.9. The summed E-state index contributed by atoms with van der Waals surface area (Å²) in [5.74, 6) is 0. The van der Waals surface area contributed by atoms with Gasteiger partial charge < -0.3 is 0 Å². The molecular weight excluding hydrogens is 255 g/mol. The van der Waals surface area contributed by atoms with Gasteiger partial charge >= 0.3 is 6.18 Å². The number of benzene rings is 1. The maximum Gasteiger partial charge on any atom is 0.416 e. The van der Waals surface area contributed by atoms with Crippen LogP contribution in [0.5, 0.6) is 0 Å². The highest BCUT2D eigenvalue weighted by Gasteiger charge is 2.32. The average Bonchev–Trinajstić information content (AvgIpc) is 1.99. The minimum absolute atomic E-state index is 0.339. The number of primary sulfonamides is 1. The van der Waals surface area contributed by atoms with Crippen molar-refractivity contribution in [2.75, 3.05) is 0 Å². The van der Waals surface area contributed by atoms with Crippen LogP contribution in [0.25, 0.3) is 0 Å². The van der Waals surface area contributed by atoms with Gasteiger partial charge in [-0.15, -0.1) is 0 Å². The van der Waals surface area contributed by atoms with E-state index in [0.29, 0.717) is 12.1 Å². The first-order valence-electron chi connectivity index (χ1n) is 3.51. The first-order valence-corrected chi connectivity index (χ1v) is 5.44. The third-order valence-corrected chi connectivity index (χ3v) is 2.64. The number of halogens is 4. The fraction of sp³-hybridized carbons (Fsp3) is 0.143. The van der Waals surface area contributed by atoms with Gasteiger partial charge in [0.2, 0.25) is 10.0 Å². The summed E-state index contributed by atoms with van der Waals surface area (Å²) < 4.78 is 58.4. The predicted molar refractivity (Wildman–Crippen MR) is 47.8 cm³/mol. The highest BCUT2D eigenvalue weighted by atomic mass is 35.5. The Morgan fingerprint density at radius 3 is 2.13 bits per heavy atom. The quantitative estimate of drug-likeness (QED) is 0.839. The van der Waals surface area contributed by atoms with Gasteiger partial charge in [0.1, 0.15) is 0 Å². The molecule has 0 aliphatic heterocycles. The maximum absolute atomic E-state index is 12.2. The molecule has 0 aliphatic rings. The van der Waals surface area contributed by atoms with Gasteiger partial charge in [0.05, 0.1) is 10.5 Å². The van der Waals surface area contributed by atoms with E-state index in [-0.39, 0.29) is 5.02 Å². The summed E-state index contributed by atoms with van der Waals surface area (Å²) in [6, 6.07) is 1.91. The lowest BCUT2D eigenvalue weighted by Gasteiger charge is -2.08. The maximum atomic E-state index is 12.2. The fourth-order valence-corrected chi connectivity index (χ4v) is 1.77. The van der Waals surface area contributed by atoms with Gasteiger partial charge in [-0.05, 0) is 18.2 Å². The molecule has 0 aromatic heterocycles. The van der Waals surface area contributed by atoms with Crippen LogP contribution in [-0.2, 0) is 16.2 Å². The smallest absolute Gasteiger partial charge is 0.225 e. The SMILES string of the molecule is NS(=O)(=O)c1cc(Cl)cc(C(F)(F)F)c1. The zero-order valence-corrected chi connectivity index (χ0v) is 8.62. The van der Waals surface area contributed by atoms with Gasteiger partial charge in [-0.3, -0.25) is 0 Å². The van der Waals surface area contributed by atoms with Crippen molar-refractivity contribution in [1.82, 2.24) is 0 Å². The molecule has 0 spiro atoms. The normalized spacial score (nSPS) is 12.9. The van der Waals surface area contributed by atoms with E-state index in [1.165, 1.54) is 0 Å².